The summed E-state index contributed by atoms with van der Waals surface area (Å²) in [6.45, 7) is 9.69. The first kappa shape index (κ1) is 17.5. The third kappa shape index (κ3) is 3.26. The molecule has 2 aliphatic heterocycles. The third-order valence-corrected chi connectivity index (χ3v) is 7.09. The van der Waals surface area contributed by atoms with Crippen molar-refractivity contribution in [3.05, 3.63) is 12.2 Å². The molecule has 0 spiro atoms. The van der Waals surface area contributed by atoms with Gasteiger partial charge < -0.3 is 19.1 Å². The Morgan fingerprint density at radius 3 is 2.80 bits per heavy atom. The number of esters is 1. The summed E-state index contributed by atoms with van der Waals surface area (Å²) < 4.78 is 17.0. The van der Waals surface area contributed by atoms with E-state index in [1.807, 2.05) is 0 Å². The molecule has 4 rings (SSSR count). The van der Waals surface area contributed by atoms with Gasteiger partial charge in [-0.2, -0.15) is 0 Å². The minimum absolute atomic E-state index is 0.00526. The largest absolute Gasteiger partial charge is 0.462 e. The van der Waals surface area contributed by atoms with Crippen LogP contribution in [0.25, 0.3) is 0 Å². The number of carbonyl (C=O) groups is 1. The van der Waals surface area contributed by atoms with Gasteiger partial charge in [0.25, 0.3) is 0 Å². The Hall–Kier alpha value is -0.910. The van der Waals surface area contributed by atoms with E-state index >= 15 is 0 Å². The van der Waals surface area contributed by atoms with Crippen molar-refractivity contribution in [3.63, 3.8) is 0 Å². The van der Waals surface area contributed by atoms with Gasteiger partial charge in [0.1, 0.15) is 18.6 Å². The first-order valence-electron chi connectivity index (χ1n) is 9.89. The zero-order valence-electron chi connectivity index (χ0n) is 15.6. The van der Waals surface area contributed by atoms with Crippen molar-refractivity contribution in [2.45, 2.75) is 51.4 Å². The van der Waals surface area contributed by atoms with Crippen LogP contribution in [0.3, 0.4) is 0 Å². The standard InChI is InChI=1S/C20H31NO4/c1-13-5-4-6-20(2)10-17-14(9-16(13)20)15(19(22)25-17)11-21(3)12-18-23-7-8-24-18/h14-18H,1,4-12H2,2-3H3/p+1/t14-,15-,16+,17+,20-/m0/s1. The molecule has 2 saturated carbocycles. The van der Waals surface area contributed by atoms with Crippen LogP contribution in [0.5, 0.6) is 0 Å². The summed E-state index contributed by atoms with van der Waals surface area (Å²) in [5, 5.41) is 0. The number of nitrogens with one attached hydrogen (secondary N) is 1. The number of likely N-dealkylation sites (N-methyl/N-ethyl adjacent to an activating group) is 1. The zero-order valence-corrected chi connectivity index (χ0v) is 15.6. The van der Waals surface area contributed by atoms with Gasteiger partial charge in [-0.25, -0.2) is 0 Å². The lowest BCUT2D eigenvalue weighted by Gasteiger charge is -2.50. The molecule has 0 aromatic carbocycles. The molecule has 6 atom stereocenters. The molecule has 5 nitrogen and oxygen atoms in total. The van der Waals surface area contributed by atoms with Crippen molar-refractivity contribution in [2.75, 3.05) is 33.4 Å². The van der Waals surface area contributed by atoms with Gasteiger partial charge in [0.05, 0.1) is 26.8 Å². The van der Waals surface area contributed by atoms with Crippen molar-refractivity contribution in [3.8, 4) is 0 Å². The van der Waals surface area contributed by atoms with Crippen LogP contribution < -0.4 is 4.90 Å². The van der Waals surface area contributed by atoms with Crippen molar-refractivity contribution in [2.24, 2.45) is 23.2 Å². The minimum atomic E-state index is -0.124. The second-order valence-corrected chi connectivity index (χ2v) is 8.94. The summed E-state index contributed by atoms with van der Waals surface area (Å²) in [5.41, 5.74) is 1.68. The molecule has 1 unspecified atom stereocenters. The normalized spacial score (nSPS) is 42.8. The lowest BCUT2D eigenvalue weighted by atomic mass is 9.55. The summed E-state index contributed by atoms with van der Waals surface area (Å²) >= 11 is 0. The van der Waals surface area contributed by atoms with E-state index in [-0.39, 0.29) is 29.7 Å². The predicted octanol–water partition coefficient (Wildman–Crippen LogP) is 1.19. The van der Waals surface area contributed by atoms with Gasteiger partial charge in [0.2, 0.25) is 6.29 Å². The highest BCUT2D eigenvalue weighted by Gasteiger charge is 2.55. The number of fused-ring (bicyclic) bond motifs is 2. The van der Waals surface area contributed by atoms with Crippen LogP contribution in [0.4, 0.5) is 0 Å². The molecule has 0 bridgehead atoms. The number of carbonyl (C=O) groups excluding carboxylic acids is 1. The summed E-state index contributed by atoms with van der Waals surface area (Å²) in [5.74, 6) is 0.920. The van der Waals surface area contributed by atoms with Gasteiger partial charge in [-0.15, -0.1) is 0 Å². The molecule has 0 radical (unpaired) electrons. The average molecular weight is 350 g/mol. The van der Waals surface area contributed by atoms with Gasteiger partial charge >= 0.3 is 5.97 Å². The van der Waals surface area contributed by atoms with Gasteiger partial charge in [0.15, 0.2) is 0 Å². The van der Waals surface area contributed by atoms with Crippen molar-refractivity contribution in [1.82, 2.24) is 0 Å². The molecule has 0 aromatic heterocycles. The van der Waals surface area contributed by atoms with E-state index in [1.165, 1.54) is 23.3 Å². The summed E-state index contributed by atoms with van der Waals surface area (Å²) in [6, 6.07) is 0. The number of rotatable bonds is 4. The van der Waals surface area contributed by atoms with E-state index < -0.39 is 0 Å². The van der Waals surface area contributed by atoms with Crippen LogP contribution in [0.1, 0.15) is 39.0 Å². The molecule has 5 heteroatoms. The zero-order chi connectivity index (χ0) is 17.6. The molecule has 1 N–H and O–H groups in total. The van der Waals surface area contributed by atoms with Crippen molar-refractivity contribution >= 4 is 5.97 Å². The van der Waals surface area contributed by atoms with Crippen LogP contribution in [-0.2, 0) is 19.0 Å². The molecule has 4 aliphatic rings. The van der Waals surface area contributed by atoms with Crippen LogP contribution >= 0.6 is 0 Å². The van der Waals surface area contributed by atoms with Crippen LogP contribution in [0, 0.1) is 23.2 Å². The summed E-state index contributed by atoms with van der Waals surface area (Å²) in [4.78, 5) is 13.9. The molecule has 2 saturated heterocycles. The quantitative estimate of drug-likeness (QED) is 0.611. The second kappa shape index (κ2) is 6.67. The minimum Gasteiger partial charge on any atom is -0.462 e. The van der Waals surface area contributed by atoms with E-state index in [1.54, 1.807) is 0 Å². The molecule has 140 valence electrons. The van der Waals surface area contributed by atoms with E-state index in [4.69, 9.17) is 14.2 Å². The fourth-order valence-corrected chi connectivity index (χ4v) is 5.76. The Kier molecular flexibility index (Phi) is 4.67. The van der Waals surface area contributed by atoms with E-state index in [9.17, 15) is 4.79 Å². The first-order valence-corrected chi connectivity index (χ1v) is 9.89. The molecule has 0 aromatic rings. The van der Waals surface area contributed by atoms with Gasteiger partial charge in [-0.05, 0) is 43.4 Å². The Balaban J connectivity index is 1.43. The van der Waals surface area contributed by atoms with Crippen LogP contribution in [0.2, 0.25) is 0 Å². The maximum Gasteiger partial charge on any atom is 0.315 e. The number of allylic oxidation sites excluding steroid dienone is 1. The van der Waals surface area contributed by atoms with Crippen molar-refractivity contribution < 1.29 is 23.9 Å². The summed E-state index contributed by atoms with van der Waals surface area (Å²) in [6.07, 6.45) is 5.69. The highest BCUT2D eigenvalue weighted by molar-refractivity contribution is 5.75. The molecular weight excluding hydrogens is 318 g/mol. The fourth-order valence-electron chi connectivity index (χ4n) is 5.76. The Morgan fingerprint density at radius 2 is 2.04 bits per heavy atom. The number of hydrogen-bond donors (Lipinski definition) is 1. The smallest absolute Gasteiger partial charge is 0.315 e. The van der Waals surface area contributed by atoms with Crippen molar-refractivity contribution in [1.29, 1.82) is 0 Å². The molecule has 25 heavy (non-hydrogen) atoms. The van der Waals surface area contributed by atoms with Gasteiger partial charge in [-0.1, -0.05) is 19.1 Å². The molecular formula is C20H32NO4+. The Labute approximate surface area is 150 Å². The highest BCUT2D eigenvalue weighted by Crippen LogP contribution is 2.56. The number of hydrogen-bond acceptors (Lipinski definition) is 4. The van der Waals surface area contributed by atoms with E-state index in [0.717, 1.165) is 32.4 Å². The molecule has 0 amide bonds. The predicted molar refractivity (Wildman–Crippen MR) is 93.0 cm³/mol. The van der Waals surface area contributed by atoms with Crippen LogP contribution in [0.15, 0.2) is 12.2 Å². The molecule has 2 heterocycles. The van der Waals surface area contributed by atoms with Crippen LogP contribution in [-0.4, -0.2) is 51.7 Å². The van der Waals surface area contributed by atoms with E-state index in [0.29, 0.717) is 25.0 Å². The second-order valence-electron chi connectivity index (χ2n) is 8.94. The lowest BCUT2D eigenvalue weighted by molar-refractivity contribution is -0.888. The maximum atomic E-state index is 12.6. The number of quaternary nitrogens is 1. The summed E-state index contributed by atoms with van der Waals surface area (Å²) in [7, 11) is 2.12. The SMILES string of the molecule is C=C1CCC[C@@]2(C)C[C@H]3OC(=O)[C@@H](C[NH+](C)CC4OCCO4)[C@@H]3C[C@H]12. The van der Waals surface area contributed by atoms with Gasteiger partial charge in [-0.3, -0.25) is 4.79 Å². The lowest BCUT2D eigenvalue weighted by Crippen LogP contribution is -3.11. The topological polar surface area (TPSA) is 49.2 Å². The Morgan fingerprint density at radius 1 is 1.28 bits per heavy atom. The monoisotopic (exact) mass is 350 g/mol. The third-order valence-electron chi connectivity index (χ3n) is 7.09. The molecule has 4 fully saturated rings. The average Bonchev–Trinajstić information content (AvgIpc) is 3.14. The fraction of sp³-hybridized carbons (Fsp3) is 0.850. The number of ether oxygens (including phenoxy) is 3. The first-order chi connectivity index (χ1) is 12.0. The molecule has 2 aliphatic carbocycles. The van der Waals surface area contributed by atoms with Gasteiger partial charge in [0, 0.05) is 5.92 Å². The maximum absolute atomic E-state index is 12.6. The highest BCUT2D eigenvalue weighted by atomic mass is 16.7. The van der Waals surface area contributed by atoms with E-state index in [2.05, 4.69) is 20.6 Å². The Bertz CT molecular complexity index is 544.